The van der Waals surface area contributed by atoms with E-state index in [4.69, 9.17) is 4.74 Å². The molecule has 0 atom stereocenters. The van der Waals surface area contributed by atoms with Gasteiger partial charge < -0.3 is 20.3 Å². The van der Waals surface area contributed by atoms with Crippen molar-refractivity contribution in [2.24, 2.45) is 0 Å². The molecule has 1 aliphatic rings. The van der Waals surface area contributed by atoms with Gasteiger partial charge in [0, 0.05) is 24.5 Å². The molecule has 1 saturated heterocycles. The highest BCUT2D eigenvalue weighted by Gasteiger charge is 2.12. The van der Waals surface area contributed by atoms with Crippen molar-refractivity contribution in [3.05, 3.63) is 54.7 Å². The highest BCUT2D eigenvalue weighted by molar-refractivity contribution is 5.64. The highest BCUT2D eigenvalue weighted by atomic mass is 16.5. The first-order chi connectivity index (χ1) is 13.3. The zero-order valence-electron chi connectivity index (χ0n) is 15.2. The minimum atomic E-state index is 0.401. The molecule has 0 radical (unpaired) electrons. The molecule has 7 nitrogen and oxygen atoms in total. The quantitative estimate of drug-likeness (QED) is 0.687. The van der Waals surface area contributed by atoms with E-state index in [9.17, 15) is 0 Å². The van der Waals surface area contributed by atoms with Crippen molar-refractivity contribution in [2.45, 2.75) is 12.8 Å². The number of rotatable bonds is 6. The van der Waals surface area contributed by atoms with Gasteiger partial charge in [-0.05, 0) is 49.2 Å². The molecule has 0 spiro atoms. The lowest BCUT2D eigenvalue weighted by molar-refractivity contribution is 0.417. The van der Waals surface area contributed by atoms with Crippen molar-refractivity contribution in [1.82, 2.24) is 15.2 Å². The molecule has 0 bridgehead atoms. The van der Waals surface area contributed by atoms with Crippen LogP contribution in [0.3, 0.4) is 0 Å². The molecule has 4 rings (SSSR count). The van der Waals surface area contributed by atoms with E-state index in [1.165, 1.54) is 18.5 Å². The molecule has 1 aromatic heterocycles. The summed E-state index contributed by atoms with van der Waals surface area (Å²) in [5.41, 5.74) is 3.01. The topological polar surface area (TPSA) is 75.2 Å². The molecule has 7 heteroatoms. The van der Waals surface area contributed by atoms with Crippen LogP contribution in [-0.2, 0) is 0 Å². The summed E-state index contributed by atoms with van der Waals surface area (Å²) in [5.74, 6) is 1.74. The van der Waals surface area contributed by atoms with Crippen LogP contribution in [0.2, 0.25) is 0 Å². The van der Waals surface area contributed by atoms with E-state index in [2.05, 4.69) is 55.0 Å². The third-order valence-electron chi connectivity index (χ3n) is 4.52. The van der Waals surface area contributed by atoms with Gasteiger partial charge in [0.1, 0.15) is 5.75 Å². The number of ether oxygens (including phenoxy) is 1. The molecule has 0 saturated carbocycles. The Labute approximate surface area is 158 Å². The minimum absolute atomic E-state index is 0.401. The molecule has 0 amide bonds. The summed E-state index contributed by atoms with van der Waals surface area (Å²) >= 11 is 0. The fourth-order valence-electron chi connectivity index (χ4n) is 3.16. The van der Waals surface area contributed by atoms with Gasteiger partial charge >= 0.3 is 0 Å². The summed E-state index contributed by atoms with van der Waals surface area (Å²) in [6, 6.07) is 16.0. The Morgan fingerprint density at radius 3 is 2.52 bits per heavy atom. The average molecular weight is 362 g/mol. The van der Waals surface area contributed by atoms with Gasteiger partial charge in [0.05, 0.1) is 19.0 Å². The average Bonchev–Trinajstić information content (AvgIpc) is 3.24. The lowest BCUT2D eigenvalue weighted by Crippen LogP contribution is -2.17. The molecule has 1 aliphatic heterocycles. The lowest BCUT2D eigenvalue weighted by atomic mass is 10.2. The van der Waals surface area contributed by atoms with Crippen LogP contribution >= 0.6 is 0 Å². The van der Waals surface area contributed by atoms with Crippen molar-refractivity contribution in [3.8, 4) is 5.75 Å². The van der Waals surface area contributed by atoms with E-state index in [-0.39, 0.29) is 0 Å². The van der Waals surface area contributed by atoms with Crippen LogP contribution in [0.1, 0.15) is 12.8 Å². The fourth-order valence-corrected chi connectivity index (χ4v) is 3.16. The molecule has 138 valence electrons. The van der Waals surface area contributed by atoms with Crippen LogP contribution in [-0.4, -0.2) is 35.4 Å². The van der Waals surface area contributed by atoms with E-state index in [0.717, 1.165) is 30.2 Å². The summed E-state index contributed by atoms with van der Waals surface area (Å²) in [6.45, 7) is 2.28. The molecule has 2 heterocycles. The number of hydrogen-bond donors (Lipinski definition) is 2. The van der Waals surface area contributed by atoms with Crippen LogP contribution < -0.4 is 20.3 Å². The SMILES string of the molecule is COc1ccccc1Nc1nncc(Nc2ccc(N3CCCC3)cc2)n1. The van der Waals surface area contributed by atoms with E-state index in [1.807, 2.05) is 24.3 Å². The Kier molecular flexibility index (Phi) is 5.00. The smallest absolute Gasteiger partial charge is 0.249 e. The Hall–Kier alpha value is -3.35. The number of nitrogens with zero attached hydrogens (tertiary/aromatic N) is 4. The van der Waals surface area contributed by atoms with Gasteiger partial charge in [0.15, 0.2) is 5.82 Å². The first-order valence-electron chi connectivity index (χ1n) is 9.03. The molecule has 2 N–H and O–H groups in total. The van der Waals surface area contributed by atoms with Crippen molar-refractivity contribution >= 4 is 28.8 Å². The van der Waals surface area contributed by atoms with Gasteiger partial charge in [-0.2, -0.15) is 10.1 Å². The number of hydrogen-bond acceptors (Lipinski definition) is 7. The van der Waals surface area contributed by atoms with E-state index in [0.29, 0.717) is 11.8 Å². The number of benzene rings is 2. The summed E-state index contributed by atoms with van der Waals surface area (Å²) in [7, 11) is 1.63. The Morgan fingerprint density at radius 1 is 0.963 bits per heavy atom. The molecular formula is C20H22N6O. The third-order valence-corrected chi connectivity index (χ3v) is 4.52. The van der Waals surface area contributed by atoms with Gasteiger partial charge in [-0.15, -0.1) is 5.10 Å². The van der Waals surface area contributed by atoms with E-state index >= 15 is 0 Å². The summed E-state index contributed by atoms with van der Waals surface area (Å²) < 4.78 is 5.34. The van der Waals surface area contributed by atoms with Crippen LogP contribution in [0, 0.1) is 0 Å². The number of anilines is 5. The lowest BCUT2D eigenvalue weighted by Gasteiger charge is -2.17. The second kappa shape index (κ2) is 7.90. The van der Waals surface area contributed by atoms with Gasteiger partial charge in [-0.1, -0.05) is 12.1 Å². The number of para-hydroxylation sites is 2. The molecule has 2 aromatic carbocycles. The van der Waals surface area contributed by atoms with Gasteiger partial charge in [0.2, 0.25) is 5.95 Å². The maximum absolute atomic E-state index is 5.34. The minimum Gasteiger partial charge on any atom is -0.495 e. The van der Waals surface area contributed by atoms with Crippen LogP contribution in [0.15, 0.2) is 54.7 Å². The second-order valence-electron chi connectivity index (χ2n) is 6.36. The predicted octanol–water partition coefficient (Wildman–Crippen LogP) is 3.97. The van der Waals surface area contributed by atoms with Gasteiger partial charge in [-0.3, -0.25) is 0 Å². The van der Waals surface area contributed by atoms with E-state index < -0.39 is 0 Å². The Balaban J connectivity index is 1.46. The van der Waals surface area contributed by atoms with Gasteiger partial charge in [-0.25, -0.2) is 0 Å². The van der Waals surface area contributed by atoms with E-state index in [1.54, 1.807) is 13.3 Å². The molecular weight excluding hydrogens is 340 g/mol. The molecule has 3 aromatic rings. The third kappa shape index (κ3) is 4.08. The fraction of sp³-hybridized carbons (Fsp3) is 0.250. The first-order valence-corrected chi connectivity index (χ1v) is 9.03. The normalized spacial score (nSPS) is 13.4. The van der Waals surface area contributed by atoms with Crippen LogP contribution in [0.5, 0.6) is 5.75 Å². The standard InChI is InChI=1S/C20H22N6O/c1-27-18-7-3-2-6-17(18)23-20-24-19(14-21-25-20)22-15-8-10-16(11-9-15)26-12-4-5-13-26/h2-3,6-11,14H,4-5,12-13H2,1H3,(H2,22,23,24,25). The number of nitrogens with one attached hydrogen (secondary N) is 2. The summed E-state index contributed by atoms with van der Waals surface area (Å²) in [4.78, 5) is 6.88. The zero-order valence-corrected chi connectivity index (χ0v) is 15.2. The summed E-state index contributed by atoms with van der Waals surface area (Å²) in [5, 5.41) is 14.5. The van der Waals surface area contributed by atoms with Crippen molar-refractivity contribution in [2.75, 3.05) is 35.7 Å². The summed E-state index contributed by atoms with van der Waals surface area (Å²) in [6.07, 6.45) is 4.14. The van der Waals surface area contributed by atoms with Crippen molar-refractivity contribution < 1.29 is 4.74 Å². The second-order valence-corrected chi connectivity index (χ2v) is 6.36. The maximum Gasteiger partial charge on any atom is 0.249 e. The van der Waals surface area contributed by atoms with Gasteiger partial charge in [0.25, 0.3) is 0 Å². The van der Waals surface area contributed by atoms with Crippen molar-refractivity contribution in [1.29, 1.82) is 0 Å². The Bertz CT molecular complexity index is 893. The first kappa shape index (κ1) is 17.1. The van der Waals surface area contributed by atoms with Crippen molar-refractivity contribution in [3.63, 3.8) is 0 Å². The molecule has 27 heavy (non-hydrogen) atoms. The largest absolute Gasteiger partial charge is 0.495 e. The molecule has 1 fully saturated rings. The van der Waals surface area contributed by atoms with Crippen LogP contribution in [0.4, 0.5) is 28.8 Å². The molecule has 0 aliphatic carbocycles. The Morgan fingerprint density at radius 2 is 1.74 bits per heavy atom. The number of methoxy groups -OCH3 is 1. The predicted molar refractivity (Wildman–Crippen MR) is 107 cm³/mol. The highest BCUT2D eigenvalue weighted by Crippen LogP contribution is 2.26. The molecule has 0 unspecified atom stereocenters. The number of aromatic nitrogens is 3. The zero-order chi connectivity index (χ0) is 18.5. The monoisotopic (exact) mass is 362 g/mol. The maximum atomic E-state index is 5.34. The van der Waals surface area contributed by atoms with Crippen LogP contribution in [0.25, 0.3) is 0 Å².